The lowest BCUT2D eigenvalue weighted by Crippen LogP contribution is -2.43. The fraction of sp³-hybridized carbons (Fsp3) is 0.375. The monoisotopic (exact) mass is 269 g/mol. The van der Waals surface area contributed by atoms with Gasteiger partial charge in [-0.1, -0.05) is 12.1 Å². The second-order valence-corrected chi connectivity index (χ2v) is 5.22. The van der Waals surface area contributed by atoms with E-state index < -0.39 is 5.60 Å². The van der Waals surface area contributed by atoms with E-state index in [-0.39, 0.29) is 5.92 Å². The second kappa shape index (κ2) is 5.69. The minimum atomic E-state index is -1.11. The number of hydrogen-bond donors (Lipinski definition) is 2. The molecule has 0 saturated carbocycles. The molecule has 2 aromatic heterocycles. The highest BCUT2D eigenvalue weighted by Crippen LogP contribution is 2.38. The van der Waals surface area contributed by atoms with E-state index in [4.69, 9.17) is 0 Å². The normalized spacial score (nSPS) is 17.1. The third kappa shape index (κ3) is 2.32. The first kappa shape index (κ1) is 13.2. The Morgan fingerprint density at radius 2 is 1.50 bits per heavy atom. The number of rotatable bonds is 3. The van der Waals surface area contributed by atoms with E-state index in [1.165, 1.54) is 0 Å². The van der Waals surface area contributed by atoms with Crippen LogP contribution < -0.4 is 5.32 Å². The summed E-state index contributed by atoms with van der Waals surface area (Å²) in [5.41, 5.74) is 0.265. The van der Waals surface area contributed by atoms with Crippen molar-refractivity contribution in [2.45, 2.75) is 18.4 Å². The first-order valence-electron chi connectivity index (χ1n) is 7.08. The maximum Gasteiger partial charge on any atom is 0.151 e. The molecule has 0 bridgehead atoms. The Balaban J connectivity index is 2.07. The van der Waals surface area contributed by atoms with E-state index in [1.54, 1.807) is 12.4 Å². The van der Waals surface area contributed by atoms with Gasteiger partial charge in [0.2, 0.25) is 0 Å². The molecule has 0 spiro atoms. The number of nitrogens with zero attached hydrogens (tertiary/aromatic N) is 2. The molecule has 1 fully saturated rings. The fourth-order valence-corrected chi connectivity index (χ4v) is 2.97. The van der Waals surface area contributed by atoms with Gasteiger partial charge in [0.15, 0.2) is 5.60 Å². The molecule has 1 aliphatic rings. The van der Waals surface area contributed by atoms with Gasteiger partial charge in [-0.2, -0.15) is 0 Å². The maximum atomic E-state index is 11.4. The van der Waals surface area contributed by atoms with Crippen LogP contribution in [0.3, 0.4) is 0 Å². The molecule has 3 rings (SSSR count). The molecule has 0 aliphatic carbocycles. The first-order chi connectivity index (χ1) is 9.82. The van der Waals surface area contributed by atoms with E-state index in [2.05, 4.69) is 15.3 Å². The van der Waals surface area contributed by atoms with E-state index in [1.807, 2.05) is 36.4 Å². The Kier molecular flexibility index (Phi) is 3.76. The Hall–Kier alpha value is -1.78. The molecule has 1 aliphatic heterocycles. The summed E-state index contributed by atoms with van der Waals surface area (Å²) in [6, 6.07) is 11.3. The van der Waals surface area contributed by atoms with Crippen LogP contribution in [0.15, 0.2) is 48.8 Å². The van der Waals surface area contributed by atoms with Crippen molar-refractivity contribution < 1.29 is 5.11 Å². The first-order valence-corrected chi connectivity index (χ1v) is 7.08. The number of nitrogens with one attached hydrogen (secondary N) is 1. The van der Waals surface area contributed by atoms with Gasteiger partial charge in [0.25, 0.3) is 0 Å². The summed E-state index contributed by atoms with van der Waals surface area (Å²) in [5, 5.41) is 14.8. The van der Waals surface area contributed by atoms with Crippen molar-refractivity contribution in [3.05, 3.63) is 60.2 Å². The van der Waals surface area contributed by atoms with Crippen molar-refractivity contribution in [1.82, 2.24) is 15.3 Å². The van der Waals surface area contributed by atoms with Gasteiger partial charge < -0.3 is 10.4 Å². The lowest BCUT2D eigenvalue weighted by molar-refractivity contribution is -0.00516. The Morgan fingerprint density at radius 1 is 0.950 bits per heavy atom. The van der Waals surface area contributed by atoms with Gasteiger partial charge in [-0.25, -0.2) is 0 Å². The quantitative estimate of drug-likeness (QED) is 0.890. The summed E-state index contributed by atoms with van der Waals surface area (Å²) < 4.78 is 0. The van der Waals surface area contributed by atoms with Crippen molar-refractivity contribution >= 4 is 0 Å². The Labute approximate surface area is 118 Å². The molecule has 0 aromatic carbocycles. The predicted molar refractivity (Wildman–Crippen MR) is 77.1 cm³/mol. The standard InChI is InChI=1S/C16H19N3O/c20-16(13-7-11-17-12-8-13,14-5-1-3-9-18-14)15-6-2-4-10-19-15/h1-6,9-10,13,17,20H,7-8,11-12H2. The van der Waals surface area contributed by atoms with Crippen LogP contribution in [-0.2, 0) is 5.60 Å². The molecule has 0 unspecified atom stereocenters. The number of pyridine rings is 2. The summed E-state index contributed by atoms with van der Waals surface area (Å²) in [6.45, 7) is 1.85. The molecule has 4 nitrogen and oxygen atoms in total. The molecule has 1 saturated heterocycles. The number of aromatic nitrogens is 2. The molecule has 2 aromatic rings. The van der Waals surface area contributed by atoms with Crippen molar-refractivity contribution in [1.29, 1.82) is 0 Å². The van der Waals surface area contributed by atoms with Gasteiger partial charge in [-0.3, -0.25) is 9.97 Å². The summed E-state index contributed by atoms with van der Waals surface area (Å²) in [7, 11) is 0. The highest BCUT2D eigenvalue weighted by Gasteiger charge is 2.42. The summed E-state index contributed by atoms with van der Waals surface area (Å²) >= 11 is 0. The topological polar surface area (TPSA) is 58.0 Å². The van der Waals surface area contributed by atoms with E-state index >= 15 is 0 Å². The molecule has 0 radical (unpaired) electrons. The van der Waals surface area contributed by atoms with Crippen LogP contribution in [0.4, 0.5) is 0 Å². The third-order valence-corrected chi connectivity index (χ3v) is 4.04. The van der Waals surface area contributed by atoms with Crippen LogP contribution in [-0.4, -0.2) is 28.2 Å². The average molecular weight is 269 g/mol. The van der Waals surface area contributed by atoms with Gasteiger partial charge >= 0.3 is 0 Å². The molecular formula is C16H19N3O. The Bertz CT molecular complexity index is 499. The second-order valence-electron chi connectivity index (χ2n) is 5.22. The van der Waals surface area contributed by atoms with Crippen molar-refractivity contribution in [2.75, 3.05) is 13.1 Å². The van der Waals surface area contributed by atoms with E-state index in [0.29, 0.717) is 11.4 Å². The molecule has 20 heavy (non-hydrogen) atoms. The summed E-state index contributed by atoms with van der Waals surface area (Å²) in [6.07, 6.45) is 5.29. The SMILES string of the molecule is OC(c1ccccn1)(c1ccccn1)C1CCNCC1. The van der Waals surface area contributed by atoms with Gasteiger partial charge in [-0.15, -0.1) is 0 Å². The number of piperidine rings is 1. The van der Waals surface area contributed by atoms with Crippen molar-refractivity contribution in [3.63, 3.8) is 0 Å². The maximum absolute atomic E-state index is 11.4. The van der Waals surface area contributed by atoms with Crippen molar-refractivity contribution in [2.24, 2.45) is 5.92 Å². The summed E-state index contributed by atoms with van der Waals surface area (Å²) in [4.78, 5) is 8.78. The van der Waals surface area contributed by atoms with Crippen LogP contribution in [0.5, 0.6) is 0 Å². The zero-order valence-corrected chi connectivity index (χ0v) is 11.4. The highest BCUT2D eigenvalue weighted by molar-refractivity contribution is 5.28. The molecule has 4 heteroatoms. The highest BCUT2D eigenvalue weighted by atomic mass is 16.3. The van der Waals surface area contributed by atoms with Gasteiger partial charge in [0.05, 0.1) is 11.4 Å². The van der Waals surface area contributed by atoms with Gasteiger partial charge in [0.1, 0.15) is 0 Å². The van der Waals surface area contributed by atoms with E-state index in [0.717, 1.165) is 25.9 Å². The molecule has 3 heterocycles. The molecule has 0 amide bonds. The van der Waals surface area contributed by atoms with Gasteiger partial charge in [0, 0.05) is 18.3 Å². The Morgan fingerprint density at radius 3 is 1.95 bits per heavy atom. The van der Waals surface area contributed by atoms with Crippen LogP contribution in [0.1, 0.15) is 24.2 Å². The lowest BCUT2D eigenvalue weighted by Gasteiger charge is -2.37. The smallest absolute Gasteiger partial charge is 0.151 e. The molecule has 104 valence electrons. The van der Waals surface area contributed by atoms with Crippen LogP contribution in [0, 0.1) is 5.92 Å². The number of aliphatic hydroxyl groups is 1. The average Bonchev–Trinajstić information content (AvgIpc) is 2.56. The zero-order valence-electron chi connectivity index (χ0n) is 11.4. The zero-order chi connectivity index (χ0) is 13.8. The summed E-state index contributed by atoms with van der Waals surface area (Å²) in [5.74, 6) is 0.133. The van der Waals surface area contributed by atoms with Crippen LogP contribution in [0.25, 0.3) is 0 Å². The molecular weight excluding hydrogens is 250 g/mol. The molecule has 0 atom stereocenters. The predicted octanol–water partition coefficient (Wildman–Crippen LogP) is 1.71. The molecule has 2 N–H and O–H groups in total. The van der Waals surface area contributed by atoms with Crippen LogP contribution in [0.2, 0.25) is 0 Å². The van der Waals surface area contributed by atoms with Gasteiger partial charge in [-0.05, 0) is 50.2 Å². The largest absolute Gasteiger partial charge is 0.377 e. The lowest BCUT2D eigenvalue weighted by atomic mass is 9.76. The van der Waals surface area contributed by atoms with Crippen LogP contribution >= 0.6 is 0 Å². The number of hydrogen-bond acceptors (Lipinski definition) is 4. The fourth-order valence-electron chi connectivity index (χ4n) is 2.97. The minimum absolute atomic E-state index is 0.133. The third-order valence-electron chi connectivity index (χ3n) is 4.04. The minimum Gasteiger partial charge on any atom is -0.377 e. The van der Waals surface area contributed by atoms with Crippen molar-refractivity contribution in [3.8, 4) is 0 Å². The van der Waals surface area contributed by atoms with E-state index in [9.17, 15) is 5.11 Å².